The molecule has 0 unspecified atom stereocenters. The van der Waals surface area contributed by atoms with E-state index in [-0.39, 0.29) is 22.0 Å². The molecule has 1 aromatic heterocycles. The number of benzene rings is 2. The number of hydrogen-bond acceptors (Lipinski definition) is 5. The number of carbonyl (C=O) groups is 3. The maximum Gasteiger partial charge on any atom is 0.335 e. The quantitative estimate of drug-likeness (QED) is 0.317. The van der Waals surface area contributed by atoms with Crippen molar-refractivity contribution in [3.05, 3.63) is 81.6 Å². The van der Waals surface area contributed by atoms with Crippen molar-refractivity contribution in [2.75, 3.05) is 4.90 Å². The van der Waals surface area contributed by atoms with Gasteiger partial charge >= 0.3 is 5.97 Å². The van der Waals surface area contributed by atoms with E-state index in [0.29, 0.717) is 22.0 Å². The number of aromatic carboxylic acids is 1. The average Bonchev–Trinajstić information content (AvgIpc) is 3.21. The fraction of sp³-hybridized carbons (Fsp3) is 0.0833. The van der Waals surface area contributed by atoms with Crippen LogP contribution in [0.5, 0.6) is 0 Å². The summed E-state index contributed by atoms with van der Waals surface area (Å²) in [4.78, 5) is 38.3. The Morgan fingerprint density at radius 2 is 1.88 bits per heavy atom. The summed E-state index contributed by atoms with van der Waals surface area (Å²) in [6, 6.07) is 12.9. The Bertz CT molecular complexity index is 1370. The van der Waals surface area contributed by atoms with Crippen molar-refractivity contribution in [2.24, 2.45) is 0 Å². The number of thiocarbonyl (C=S) groups is 1. The molecule has 1 aliphatic heterocycles. The lowest BCUT2D eigenvalue weighted by Crippen LogP contribution is -2.54. The lowest BCUT2D eigenvalue weighted by atomic mass is 10.1. The molecule has 0 atom stereocenters. The summed E-state index contributed by atoms with van der Waals surface area (Å²) < 4.78 is 5.75. The average molecular weight is 481 g/mol. The normalized spacial score (nSPS) is 15.2. The number of halogens is 1. The molecule has 2 heterocycles. The zero-order valence-corrected chi connectivity index (χ0v) is 19.1. The number of furan rings is 1. The molecule has 3 aromatic rings. The van der Waals surface area contributed by atoms with E-state index in [1.54, 1.807) is 18.2 Å². The number of amides is 2. The third-order valence-electron chi connectivity index (χ3n) is 5.09. The number of hydrogen-bond donors (Lipinski definition) is 2. The van der Waals surface area contributed by atoms with E-state index in [9.17, 15) is 19.5 Å². The van der Waals surface area contributed by atoms with Gasteiger partial charge in [0.25, 0.3) is 11.8 Å². The topological polar surface area (TPSA) is 99.8 Å². The Balaban J connectivity index is 1.71. The number of nitrogens with zero attached hydrogens (tertiary/aromatic N) is 1. The standard InChI is InChI=1S/C24H17ClN2O5S/c1-12-3-7-19(13(2)9-12)27-22(29)17(21(28)26-24(27)33)11-15-5-8-20(32-15)16-10-14(23(30)31)4-6-18(16)25/h3-11H,1-2H3,(H,30,31)(H,26,28,33)/b17-11+. The van der Waals surface area contributed by atoms with Gasteiger partial charge in [-0.15, -0.1) is 0 Å². The number of aryl methyl sites for hydroxylation is 2. The molecule has 166 valence electrons. The van der Waals surface area contributed by atoms with Gasteiger partial charge in [-0.2, -0.15) is 0 Å². The molecule has 4 rings (SSSR count). The van der Waals surface area contributed by atoms with Crippen LogP contribution in [0.25, 0.3) is 17.4 Å². The molecular formula is C24H17ClN2O5S. The molecule has 0 saturated carbocycles. The second-order valence-electron chi connectivity index (χ2n) is 7.45. The van der Waals surface area contributed by atoms with Gasteiger partial charge in [0.15, 0.2) is 5.11 Å². The van der Waals surface area contributed by atoms with Gasteiger partial charge in [-0.05, 0) is 74.1 Å². The van der Waals surface area contributed by atoms with E-state index >= 15 is 0 Å². The molecule has 9 heteroatoms. The zero-order chi connectivity index (χ0) is 23.9. The van der Waals surface area contributed by atoms with Crippen LogP contribution >= 0.6 is 23.8 Å². The molecule has 7 nitrogen and oxygen atoms in total. The van der Waals surface area contributed by atoms with Gasteiger partial charge in [-0.3, -0.25) is 19.8 Å². The van der Waals surface area contributed by atoms with Crippen LogP contribution in [0.1, 0.15) is 27.2 Å². The summed E-state index contributed by atoms with van der Waals surface area (Å²) in [7, 11) is 0. The maximum absolute atomic E-state index is 13.2. The van der Waals surface area contributed by atoms with Gasteiger partial charge in [0.1, 0.15) is 17.1 Å². The first-order valence-corrected chi connectivity index (χ1v) is 10.6. The van der Waals surface area contributed by atoms with Gasteiger partial charge in [0.05, 0.1) is 16.3 Å². The zero-order valence-electron chi connectivity index (χ0n) is 17.5. The first-order chi connectivity index (χ1) is 15.7. The van der Waals surface area contributed by atoms with Gasteiger partial charge in [-0.25, -0.2) is 4.79 Å². The van der Waals surface area contributed by atoms with Crippen LogP contribution in [0.4, 0.5) is 5.69 Å². The van der Waals surface area contributed by atoms with Crippen molar-refractivity contribution in [3.8, 4) is 11.3 Å². The van der Waals surface area contributed by atoms with E-state index in [0.717, 1.165) is 11.1 Å². The molecule has 0 bridgehead atoms. The van der Waals surface area contributed by atoms with E-state index in [2.05, 4.69) is 5.32 Å². The summed E-state index contributed by atoms with van der Waals surface area (Å²) in [6.45, 7) is 3.79. The molecule has 33 heavy (non-hydrogen) atoms. The molecule has 2 amide bonds. The molecule has 0 aliphatic carbocycles. The smallest absolute Gasteiger partial charge is 0.335 e. The van der Waals surface area contributed by atoms with Crippen LogP contribution < -0.4 is 10.2 Å². The summed E-state index contributed by atoms with van der Waals surface area (Å²) in [5, 5.41) is 12.1. The van der Waals surface area contributed by atoms with Crippen LogP contribution in [0, 0.1) is 13.8 Å². The minimum absolute atomic E-state index is 0.00787. The van der Waals surface area contributed by atoms with Crippen LogP contribution in [0.15, 0.2) is 58.5 Å². The number of carbonyl (C=O) groups excluding carboxylic acids is 2. The van der Waals surface area contributed by atoms with Crippen molar-refractivity contribution in [1.29, 1.82) is 0 Å². The molecular weight excluding hydrogens is 464 g/mol. The van der Waals surface area contributed by atoms with Crippen LogP contribution in [0.2, 0.25) is 5.02 Å². The van der Waals surface area contributed by atoms with E-state index in [4.69, 9.17) is 28.2 Å². The molecule has 1 aliphatic rings. The fourth-order valence-corrected chi connectivity index (χ4v) is 3.98. The minimum atomic E-state index is -1.10. The Labute approximate surface area is 199 Å². The first kappa shape index (κ1) is 22.4. The Hall–Kier alpha value is -3.75. The van der Waals surface area contributed by atoms with Crippen molar-refractivity contribution >= 4 is 58.5 Å². The van der Waals surface area contributed by atoms with Gasteiger partial charge in [0.2, 0.25) is 0 Å². The Morgan fingerprint density at radius 3 is 2.58 bits per heavy atom. The predicted octanol–water partition coefficient (Wildman–Crippen LogP) is 4.75. The van der Waals surface area contributed by atoms with E-state index < -0.39 is 17.8 Å². The van der Waals surface area contributed by atoms with Crippen LogP contribution in [-0.2, 0) is 9.59 Å². The highest BCUT2D eigenvalue weighted by atomic mass is 35.5. The van der Waals surface area contributed by atoms with Gasteiger partial charge < -0.3 is 9.52 Å². The lowest BCUT2D eigenvalue weighted by Gasteiger charge is -2.30. The molecule has 1 saturated heterocycles. The highest BCUT2D eigenvalue weighted by Crippen LogP contribution is 2.32. The van der Waals surface area contributed by atoms with Crippen molar-refractivity contribution in [2.45, 2.75) is 13.8 Å². The fourth-order valence-electron chi connectivity index (χ4n) is 3.50. The number of carboxylic acids is 1. The van der Waals surface area contributed by atoms with Crippen molar-refractivity contribution in [3.63, 3.8) is 0 Å². The molecule has 1 fully saturated rings. The van der Waals surface area contributed by atoms with E-state index in [1.165, 1.54) is 29.2 Å². The summed E-state index contributed by atoms with van der Waals surface area (Å²) in [6.07, 6.45) is 1.31. The second kappa shape index (κ2) is 8.65. The minimum Gasteiger partial charge on any atom is -0.478 e. The lowest BCUT2D eigenvalue weighted by molar-refractivity contribution is -0.122. The van der Waals surface area contributed by atoms with E-state index in [1.807, 2.05) is 26.0 Å². The van der Waals surface area contributed by atoms with Crippen LogP contribution in [0.3, 0.4) is 0 Å². The second-order valence-corrected chi connectivity index (χ2v) is 8.24. The van der Waals surface area contributed by atoms with Crippen molar-refractivity contribution in [1.82, 2.24) is 5.32 Å². The highest BCUT2D eigenvalue weighted by molar-refractivity contribution is 7.80. The predicted molar refractivity (Wildman–Crippen MR) is 128 cm³/mol. The third kappa shape index (κ3) is 4.30. The summed E-state index contributed by atoms with van der Waals surface area (Å²) in [5.74, 6) is -1.82. The highest BCUT2D eigenvalue weighted by Gasteiger charge is 2.35. The van der Waals surface area contributed by atoms with Gasteiger partial charge in [-0.1, -0.05) is 29.3 Å². The van der Waals surface area contributed by atoms with Crippen LogP contribution in [-0.4, -0.2) is 28.0 Å². The summed E-state index contributed by atoms with van der Waals surface area (Å²) >= 11 is 11.5. The van der Waals surface area contributed by atoms with Crippen molar-refractivity contribution < 1.29 is 23.9 Å². The van der Waals surface area contributed by atoms with Gasteiger partial charge in [0, 0.05) is 5.56 Å². The Kier molecular flexibility index (Phi) is 5.88. The third-order valence-corrected chi connectivity index (χ3v) is 5.70. The largest absolute Gasteiger partial charge is 0.478 e. The Morgan fingerprint density at radius 1 is 1.12 bits per heavy atom. The first-order valence-electron chi connectivity index (χ1n) is 9.77. The summed E-state index contributed by atoms with van der Waals surface area (Å²) in [5.41, 5.74) is 2.69. The molecule has 2 N–H and O–H groups in total. The monoisotopic (exact) mass is 480 g/mol. The molecule has 0 radical (unpaired) electrons. The number of anilines is 1. The molecule has 2 aromatic carbocycles. The number of nitrogens with one attached hydrogen (secondary N) is 1. The molecule has 0 spiro atoms. The number of carboxylic acid groups (broad SMARTS) is 1. The SMILES string of the molecule is Cc1ccc(N2C(=O)/C(=C/c3ccc(-c4cc(C(=O)O)ccc4Cl)o3)C(=O)NC2=S)c(C)c1. The number of rotatable bonds is 4. The maximum atomic E-state index is 13.2.